The summed E-state index contributed by atoms with van der Waals surface area (Å²) in [6, 6.07) is 19.7. The first-order valence-electron chi connectivity index (χ1n) is 10.8. The number of aromatic nitrogens is 1. The number of sulfonamides is 1. The van der Waals surface area contributed by atoms with Crippen LogP contribution in [0.3, 0.4) is 0 Å². The molecule has 0 bridgehead atoms. The first-order valence-corrected chi connectivity index (χ1v) is 13.0. The van der Waals surface area contributed by atoms with Crippen LogP contribution in [0.15, 0.2) is 82.3 Å². The van der Waals surface area contributed by atoms with Crippen LogP contribution in [0.5, 0.6) is 0 Å². The van der Waals surface area contributed by atoms with Crippen molar-refractivity contribution in [2.24, 2.45) is 5.92 Å². The molecule has 2 aromatic heterocycles. The number of carbonyl (C=O) groups excluding carboxylic acids is 1. The molecule has 0 radical (unpaired) electrons. The summed E-state index contributed by atoms with van der Waals surface area (Å²) >= 11 is 1.44. The molecule has 1 amide bonds. The molecule has 1 atom stereocenters. The Kier molecular flexibility index (Phi) is 6.01. The molecule has 4 aromatic rings. The third kappa shape index (κ3) is 4.44. The molecule has 5 rings (SSSR count). The van der Waals surface area contributed by atoms with Crippen LogP contribution in [0, 0.1) is 5.92 Å². The topological polar surface area (TPSA) is 83.7 Å². The van der Waals surface area contributed by atoms with Crippen LogP contribution in [0.1, 0.15) is 18.6 Å². The Morgan fingerprint density at radius 1 is 1.09 bits per heavy atom. The maximum absolute atomic E-state index is 13.7. The predicted molar refractivity (Wildman–Crippen MR) is 127 cm³/mol. The lowest BCUT2D eigenvalue weighted by atomic mass is 9.98. The minimum atomic E-state index is -3.66. The van der Waals surface area contributed by atoms with Gasteiger partial charge in [0.15, 0.2) is 5.13 Å². The van der Waals surface area contributed by atoms with Crippen LogP contribution in [0.25, 0.3) is 10.2 Å². The molecule has 0 N–H and O–H groups in total. The Labute approximate surface area is 196 Å². The summed E-state index contributed by atoms with van der Waals surface area (Å²) in [6.07, 6.45) is 2.82. The lowest BCUT2D eigenvalue weighted by Crippen LogP contribution is -2.46. The number of furan rings is 1. The molecule has 0 aliphatic carbocycles. The molecule has 0 saturated carbocycles. The van der Waals surface area contributed by atoms with E-state index in [9.17, 15) is 13.2 Å². The van der Waals surface area contributed by atoms with E-state index in [1.807, 2.05) is 30.3 Å². The van der Waals surface area contributed by atoms with Crippen molar-refractivity contribution in [2.75, 3.05) is 18.0 Å². The summed E-state index contributed by atoms with van der Waals surface area (Å²) in [5.41, 5.74) is 0.826. The SMILES string of the molecule is O=C(C1CCCN(S(=O)(=O)c2ccccc2)C1)N(Cc1ccco1)c1nc2ccccc2s1. The number of para-hydroxylation sites is 1. The van der Waals surface area contributed by atoms with Crippen LogP contribution in [-0.4, -0.2) is 36.7 Å². The molecule has 9 heteroatoms. The second-order valence-electron chi connectivity index (χ2n) is 7.98. The van der Waals surface area contributed by atoms with E-state index in [-0.39, 0.29) is 23.9 Å². The van der Waals surface area contributed by atoms with Crippen LogP contribution in [0.4, 0.5) is 5.13 Å². The fourth-order valence-corrected chi connectivity index (χ4v) is 6.61. The smallest absolute Gasteiger partial charge is 0.243 e. The third-order valence-electron chi connectivity index (χ3n) is 5.79. The van der Waals surface area contributed by atoms with Crippen molar-refractivity contribution in [1.82, 2.24) is 9.29 Å². The molecule has 3 heterocycles. The van der Waals surface area contributed by atoms with E-state index in [0.717, 1.165) is 10.2 Å². The number of piperidine rings is 1. The van der Waals surface area contributed by atoms with Gasteiger partial charge in [-0.2, -0.15) is 4.31 Å². The summed E-state index contributed by atoms with van der Waals surface area (Å²) in [7, 11) is -3.66. The number of fused-ring (bicyclic) bond motifs is 1. The lowest BCUT2D eigenvalue weighted by Gasteiger charge is -2.33. The minimum Gasteiger partial charge on any atom is -0.467 e. The van der Waals surface area contributed by atoms with Crippen LogP contribution in [0.2, 0.25) is 0 Å². The number of nitrogens with zero attached hydrogens (tertiary/aromatic N) is 3. The van der Waals surface area contributed by atoms with E-state index in [1.54, 1.807) is 47.6 Å². The Morgan fingerprint density at radius 3 is 2.64 bits per heavy atom. The Hall–Kier alpha value is -3.01. The highest BCUT2D eigenvalue weighted by Crippen LogP contribution is 2.32. The zero-order valence-electron chi connectivity index (χ0n) is 17.8. The van der Waals surface area contributed by atoms with E-state index in [2.05, 4.69) is 4.98 Å². The van der Waals surface area contributed by atoms with Crippen molar-refractivity contribution >= 4 is 42.6 Å². The van der Waals surface area contributed by atoms with E-state index in [4.69, 9.17) is 4.42 Å². The molecule has 1 saturated heterocycles. The third-order valence-corrected chi connectivity index (χ3v) is 8.73. The summed E-state index contributed by atoms with van der Waals surface area (Å²) in [5, 5.41) is 0.584. The molecule has 1 fully saturated rings. The van der Waals surface area contributed by atoms with Crippen molar-refractivity contribution in [1.29, 1.82) is 0 Å². The van der Waals surface area contributed by atoms with E-state index in [1.165, 1.54) is 15.6 Å². The van der Waals surface area contributed by atoms with Gasteiger partial charge in [-0.25, -0.2) is 13.4 Å². The standard InChI is InChI=1S/C24H23N3O4S2/c28-23(18-8-6-14-26(16-18)33(29,30)20-10-2-1-3-11-20)27(17-19-9-7-15-31-19)24-25-21-12-4-5-13-22(21)32-24/h1-5,7,9-13,15,18H,6,8,14,16-17H2. The quantitative estimate of drug-likeness (QED) is 0.404. The molecular formula is C24H23N3O4S2. The lowest BCUT2D eigenvalue weighted by molar-refractivity contribution is -0.123. The Balaban J connectivity index is 1.43. The first kappa shape index (κ1) is 21.8. The summed E-state index contributed by atoms with van der Waals surface area (Å²) in [6.45, 7) is 0.795. The van der Waals surface area contributed by atoms with Gasteiger partial charge in [-0.3, -0.25) is 9.69 Å². The second-order valence-corrected chi connectivity index (χ2v) is 10.9. The average molecular weight is 482 g/mol. The monoisotopic (exact) mass is 481 g/mol. The van der Waals surface area contributed by atoms with Crippen LogP contribution >= 0.6 is 11.3 Å². The number of carbonyl (C=O) groups is 1. The molecule has 7 nitrogen and oxygen atoms in total. The molecule has 33 heavy (non-hydrogen) atoms. The van der Waals surface area contributed by atoms with Crippen molar-refractivity contribution in [3.63, 3.8) is 0 Å². The highest BCUT2D eigenvalue weighted by Gasteiger charge is 2.36. The maximum Gasteiger partial charge on any atom is 0.243 e. The number of hydrogen-bond donors (Lipinski definition) is 0. The molecule has 1 aliphatic heterocycles. The average Bonchev–Trinajstić information content (AvgIpc) is 3.52. The molecule has 2 aromatic carbocycles. The molecular weight excluding hydrogens is 458 g/mol. The number of amides is 1. The summed E-state index contributed by atoms with van der Waals surface area (Å²) < 4.78 is 34.2. The zero-order valence-corrected chi connectivity index (χ0v) is 19.5. The van der Waals surface area contributed by atoms with Crippen molar-refractivity contribution in [3.8, 4) is 0 Å². The number of hydrogen-bond acceptors (Lipinski definition) is 6. The van der Waals surface area contributed by atoms with Crippen molar-refractivity contribution in [3.05, 3.63) is 78.8 Å². The maximum atomic E-state index is 13.7. The van der Waals surface area contributed by atoms with Gasteiger partial charge < -0.3 is 4.42 Å². The number of anilines is 1. The number of thiazole rings is 1. The van der Waals surface area contributed by atoms with Crippen molar-refractivity contribution in [2.45, 2.75) is 24.3 Å². The second kappa shape index (κ2) is 9.09. The highest BCUT2D eigenvalue weighted by molar-refractivity contribution is 7.89. The van der Waals surface area contributed by atoms with Gasteiger partial charge in [-0.1, -0.05) is 41.7 Å². The Bertz CT molecular complexity index is 1320. The fourth-order valence-electron chi connectivity index (χ4n) is 4.10. The van der Waals surface area contributed by atoms with E-state index in [0.29, 0.717) is 30.3 Å². The van der Waals surface area contributed by atoms with Gasteiger partial charge in [-0.15, -0.1) is 0 Å². The van der Waals surface area contributed by atoms with Gasteiger partial charge in [0, 0.05) is 13.1 Å². The summed E-state index contributed by atoms with van der Waals surface area (Å²) in [4.78, 5) is 20.3. The predicted octanol–water partition coefficient (Wildman–Crippen LogP) is 4.52. The van der Waals surface area contributed by atoms with Crippen LogP contribution in [-0.2, 0) is 21.4 Å². The van der Waals surface area contributed by atoms with Gasteiger partial charge in [0.25, 0.3) is 0 Å². The minimum absolute atomic E-state index is 0.140. The van der Waals surface area contributed by atoms with Gasteiger partial charge in [0.1, 0.15) is 5.76 Å². The first-order chi connectivity index (χ1) is 16.0. The Morgan fingerprint density at radius 2 is 1.88 bits per heavy atom. The van der Waals surface area contributed by atoms with Gasteiger partial charge in [0.05, 0.1) is 33.8 Å². The molecule has 1 aliphatic rings. The summed E-state index contributed by atoms with van der Waals surface area (Å²) in [5.74, 6) is 0.0461. The fraction of sp³-hybridized carbons (Fsp3) is 0.250. The van der Waals surface area contributed by atoms with E-state index >= 15 is 0 Å². The zero-order chi connectivity index (χ0) is 22.8. The number of rotatable bonds is 6. The highest BCUT2D eigenvalue weighted by atomic mass is 32.2. The molecule has 0 spiro atoms. The van der Waals surface area contributed by atoms with Crippen LogP contribution < -0.4 is 4.90 Å². The molecule has 170 valence electrons. The van der Waals surface area contributed by atoms with Crippen molar-refractivity contribution < 1.29 is 17.6 Å². The van der Waals surface area contributed by atoms with Gasteiger partial charge >= 0.3 is 0 Å². The number of benzene rings is 2. The van der Waals surface area contributed by atoms with Gasteiger partial charge in [-0.05, 0) is 49.2 Å². The van der Waals surface area contributed by atoms with E-state index < -0.39 is 15.9 Å². The normalized spacial score (nSPS) is 17.3. The van der Waals surface area contributed by atoms with Gasteiger partial charge in [0.2, 0.25) is 15.9 Å². The largest absolute Gasteiger partial charge is 0.467 e. The molecule has 1 unspecified atom stereocenters.